The molecule has 0 radical (unpaired) electrons. The summed E-state index contributed by atoms with van der Waals surface area (Å²) in [5.74, 6) is -0.485. The maximum absolute atomic E-state index is 14.5. The van der Waals surface area contributed by atoms with E-state index < -0.39 is 15.8 Å². The van der Waals surface area contributed by atoms with E-state index in [2.05, 4.69) is 5.10 Å². The third-order valence-electron chi connectivity index (χ3n) is 4.87. The molecule has 2 heterocycles. The van der Waals surface area contributed by atoms with Crippen molar-refractivity contribution in [2.45, 2.75) is 4.90 Å². The molecule has 2 aromatic carbocycles. The second kappa shape index (κ2) is 8.56. The van der Waals surface area contributed by atoms with Gasteiger partial charge in [0.1, 0.15) is 5.82 Å². The highest BCUT2D eigenvalue weighted by molar-refractivity contribution is 7.90. The summed E-state index contributed by atoms with van der Waals surface area (Å²) in [6.45, 7) is 0. The minimum Gasteiger partial charge on any atom is -0.376 e. The molecule has 0 unspecified atom stereocenters. The molecule has 31 heavy (non-hydrogen) atoms. The molecule has 0 amide bonds. The Kier molecular flexibility index (Phi) is 6.24. The molecule has 2 aromatic heterocycles. The molecule has 0 saturated heterocycles. The van der Waals surface area contributed by atoms with Crippen LogP contribution >= 0.6 is 12.4 Å². The molecular weight excluding hydrogens is 439 g/mol. The zero-order valence-corrected chi connectivity index (χ0v) is 18.9. The molecule has 0 aliphatic rings. The highest BCUT2D eigenvalue weighted by atomic mass is 35.5. The fourth-order valence-electron chi connectivity index (χ4n) is 3.26. The Hall–Kier alpha value is -3.10. The van der Waals surface area contributed by atoms with Crippen molar-refractivity contribution in [3.63, 3.8) is 0 Å². The first-order valence-electron chi connectivity index (χ1n) is 9.26. The Morgan fingerprint density at radius 2 is 1.71 bits per heavy atom. The zero-order chi connectivity index (χ0) is 21.5. The summed E-state index contributed by atoms with van der Waals surface area (Å²) >= 11 is 0. The number of hydrogen-bond donors (Lipinski definition) is 0. The van der Waals surface area contributed by atoms with Crippen molar-refractivity contribution in [1.29, 1.82) is 0 Å². The third-order valence-corrected chi connectivity index (χ3v) is 6.54. The average Bonchev–Trinajstić information content (AvgIpc) is 3.36. The van der Waals surface area contributed by atoms with Gasteiger partial charge in [-0.25, -0.2) is 16.8 Å². The Bertz CT molecular complexity index is 1330. The van der Waals surface area contributed by atoms with E-state index >= 15 is 0 Å². The van der Waals surface area contributed by atoms with Crippen LogP contribution in [0, 0.1) is 5.82 Å². The van der Waals surface area contributed by atoms with Crippen LogP contribution in [-0.2, 0) is 17.1 Å². The van der Waals surface area contributed by atoms with Gasteiger partial charge in [-0.15, -0.1) is 12.4 Å². The smallest absolute Gasteiger partial charge is 0.268 e. The van der Waals surface area contributed by atoms with Crippen molar-refractivity contribution >= 4 is 28.1 Å². The molecule has 0 bridgehead atoms. The summed E-state index contributed by atoms with van der Waals surface area (Å²) in [6, 6.07) is 14.5. The molecule has 0 atom stereocenters. The number of hydrogen-bond acceptors (Lipinski definition) is 4. The number of rotatable bonds is 5. The lowest BCUT2D eigenvalue weighted by atomic mass is 10.1. The van der Waals surface area contributed by atoms with Gasteiger partial charge in [-0.05, 0) is 35.9 Å². The topological polar surface area (TPSA) is 60.1 Å². The first kappa shape index (κ1) is 22.6. The van der Waals surface area contributed by atoms with Crippen molar-refractivity contribution in [3.8, 4) is 22.4 Å². The largest absolute Gasteiger partial charge is 0.376 e. The SMILES string of the molecule is CN(C)c1cc(-c2ccccc2F)n(S(=O)(=O)c2cccc(-c3cnn(C)c3)c2)c1.Cl. The Morgan fingerprint density at radius 3 is 2.35 bits per heavy atom. The van der Waals surface area contributed by atoms with Gasteiger partial charge in [-0.3, -0.25) is 4.68 Å². The lowest BCUT2D eigenvalue weighted by Gasteiger charge is -2.12. The summed E-state index contributed by atoms with van der Waals surface area (Å²) in [7, 11) is 1.44. The fraction of sp³-hybridized carbons (Fsp3) is 0.136. The van der Waals surface area contributed by atoms with Crippen LogP contribution < -0.4 is 4.90 Å². The molecule has 0 fully saturated rings. The van der Waals surface area contributed by atoms with Crippen LogP contribution in [0.3, 0.4) is 0 Å². The minimum absolute atomic E-state index is 0. The molecule has 0 saturated carbocycles. The van der Waals surface area contributed by atoms with Gasteiger partial charge in [0.25, 0.3) is 10.0 Å². The lowest BCUT2D eigenvalue weighted by molar-refractivity contribution is 0.587. The fourth-order valence-corrected chi connectivity index (χ4v) is 4.67. The van der Waals surface area contributed by atoms with Crippen molar-refractivity contribution in [1.82, 2.24) is 13.8 Å². The first-order chi connectivity index (χ1) is 14.3. The van der Waals surface area contributed by atoms with Gasteiger partial charge in [0, 0.05) is 44.7 Å². The van der Waals surface area contributed by atoms with E-state index in [9.17, 15) is 12.8 Å². The minimum atomic E-state index is -3.97. The quantitative estimate of drug-likeness (QED) is 0.442. The van der Waals surface area contributed by atoms with Gasteiger partial charge in [-0.2, -0.15) is 5.10 Å². The summed E-state index contributed by atoms with van der Waals surface area (Å²) in [6.07, 6.45) is 5.00. The molecule has 0 N–H and O–H groups in total. The second-order valence-electron chi connectivity index (χ2n) is 7.19. The predicted molar refractivity (Wildman–Crippen MR) is 123 cm³/mol. The van der Waals surface area contributed by atoms with Crippen LogP contribution in [0.2, 0.25) is 0 Å². The molecule has 0 aliphatic carbocycles. The maximum Gasteiger partial charge on any atom is 0.268 e. The van der Waals surface area contributed by atoms with Crippen LogP contribution in [0.5, 0.6) is 0 Å². The van der Waals surface area contributed by atoms with Gasteiger partial charge in [0.05, 0.1) is 22.5 Å². The standard InChI is InChI=1S/C22H21FN4O2S.ClH/c1-25(2)18-12-22(20-9-4-5-10-21(20)23)27(15-18)30(28,29)19-8-6-7-16(11-19)17-13-24-26(3)14-17;/h4-15H,1-3H3;1H. The van der Waals surface area contributed by atoms with Gasteiger partial charge in [-0.1, -0.05) is 24.3 Å². The van der Waals surface area contributed by atoms with E-state index in [1.807, 2.05) is 12.3 Å². The number of halogens is 2. The van der Waals surface area contributed by atoms with E-state index in [1.54, 1.807) is 73.3 Å². The molecule has 0 spiro atoms. The molecule has 4 rings (SSSR count). The second-order valence-corrected chi connectivity index (χ2v) is 9.00. The van der Waals surface area contributed by atoms with Crippen molar-refractivity contribution in [2.24, 2.45) is 7.05 Å². The Morgan fingerprint density at radius 1 is 0.968 bits per heavy atom. The number of nitrogens with zero attached hydrogens (tertiary/aromatic N) is 4. The third kappa shape index (κ3) is 4.22. The molecule has 4 aromatic rings. The number of aryl methyl sites for hydroxylation is 1. The number of aromatic nitrogens is 3. The van der Waals surface area contributed by atoms with Gasteiger partial charge in [0.15, 0.2) is 0 Å². The number of benzene rings is 2. The van der Waals surface area contributed by atoms with Crippen LogP contribution in [0.25, 0.3) is 22.4 Å². The highest BCUT2D eigenvalue weighted by Gasteiger charge is 2.24. The molecule has 9 heteroatoms. The molecule has 6 nitrogen and oxygen atoms in total. The van der Waals surface area contributed by atoms with Crippen molar-refractivity contribution in [2.75, 3.05) is 19.0 Å². The van der Waals surface area contributed by atoms with E-state index in [-0.39, 0.29) is 28.6 Å². The van der Waals surface area contributed by atoms with Gasteiger partial charge >= 0.3 is 0 Å². The van der Waals surface area contributed by atoms with Crippen molar-refractivity contribution in [3.05, 3.63) is 79.0 Å². The highest BCUT2D eigenvalue weighted by Crippen LogP contribution is 2.32. The maximum atomic E-state index is 14.5. The summed E-state index contributed by atoms with van der Waals surface area (Å²) < 4.78 is 44.4. The lowest BCUT2D eigenvalue weighted by Crippen LogP contribution is -2.14. The van der Waals surface area contributed by atoms with E-state index in [0.717, 1.165) is 15.1 Å². The number of anilines is 1. The van der Waals surface area contributed by atoms with Gasteiger partial charge < -0.3 is 4.90 Å². The van der Waals surface area contributed by atoms with Crippen molar-refractivity contribution < 1.29 is 12.8 Å². The molecule has 0 aliphatic heterocycles. The van der Waals surface area contributed by atoms with E-state index in [0.29, 0.717) is 5.69 Å². The Labute approximate surface area is 187 Å². The van der Waals surface area contributed by atoms with Gasteiger partial charge in [0.2, 0.25) is 0 Å². The van der Waals surface area contributed by atoms with Crippen LogP contribution in [0.4, 0.5) is 10.1 Å². The van der Waals surface area contributed by atoms with Crippen LogP contribution in [0.1, 0.15) is 0 Å². The first-order valence-corrected chi connectivity index (χ1v) is 10.7. The Balaban J connectivity index is 0.00000272. The molecule has 162 valence electrons. The normalized spacial score (nSPS) is 11.2. The average molecular weight is 461 g/mol. The summed E-state index contributed by atoms with van der Waals surface area (Å²) in [5, 5.41) is 4.14. The molecular formula is C22H22ClFN4O2S. The van der Waals surface area contributed by atoms with Crippen LogP contribution in [-0.4, -0.2) is 36.3 Å². The monoisotopic (exact) mass is 460 g/mol. The van der Waals surface area contributed by atoms with E-state index in [4.69, 9.17) is 0 Å². The summed E-state index contributed by atoms with van der Waals surface area (Å²) in [5.41, 5.74) is 2.68. The predicted octanol–water partition coefficient (Wildman–Crippen LogP) is 4.42. The zero-order valence-electron chi connectivity index (χ0n) is 17.2. The summed E-state index contributed by atoms with van der Waals surface area (Å²) in [4.78, 5) is 1.89. The van der Waals surface area contributed by atoms with E-state index in [1.165, 1.54) is 18.3 Å². The van der Waals surface area contributed by atoms with Crippen LogP contribution in [0.15, 0.2) is 78.1 Å².